The molecule has 0 radical (unpaired) electrons. The highest BCUT2D eigenvalue weighted by molar-refractivity contribution is 7.13. The number of hydrogen-bond donors (Lipinski definition) is 4. The van der Waals surface area contributed by atoms with Gasteiger partial charge >= 0.3 is 0 Å². The van der Waals surface area contributed by atoms with Gasteiger partial charge in [-0.3, -0.25) is 9.59 Å². The van der Waals surface area contributed by atoms with Gasteiger partial charge < -0.3 is 49.9 Å². The molecule has 73 heavy (non-hydrogen) atoms. The van der Waals surface area contributed by atoms with Crippen molar-refractivity contribution in [1.82, 2.24) is 45.4 Å². The number of aromatic hydroxyl groups is 1. The Morgan fingerprint density at radius 2 is 1.71 bits per heavy atom. The zero-order valence-electron chi connectivity index (χ0n) is 41.6. The molecule has 0 unspecified atom stereocenters. The molecule has 18 nitrogen and oxygen atoms in total. The number of phenolic OH excluding ortho intramolecular Hbond substituents is 1. The van der Waals surface area contributed by atoms with Gasteiger partial charge in [-0.05, 0) is 92.4 Å². The van der Waals surface area contributed by atoms with Crippen molar-refractivity contribution in [3.8, 4) is 27.4 Å². The average molecular weight is 1010 g/mol. The molecule has 0 bridgehead atoms. The number of aliphatic hydroxyl groups is 1. The van der Waals surface area contributed by atoms with Crippen LogP contribution in [0.15, 0.2) is 83.1 Å². The van der Waals surface area contributed by atoms with E-state index < -0.39 is 18.1 Å². The minimum atomic E-state index is -0.790. The maximum Gasteiger partial charge on any atom is 0.243 e. The van der Waals surface area contributed by atoms with Gasteiger partial charge in [-0.15, -0.1) is 21.5 Å². The molecule has 19 heteroatoms. The van der Waals surface area contributed by atoms with Gasteiger partial charge in [-0.2, -0.15) is 0 Å². The van der Waals surface area contributed by atoms with Crippen LogP contribution in [-0.4, -0.2) is 145 Å². The standard InChI is InChI=1S/C54H63N13O5S/c1-32(2)48(52(71)67-28-40(68)18-44(67)51(70)56-23-34-8-10-36(11-9-34)49-33(3)59-31-73-49)46-20-47(62-72-46)65-29-54(30-65)21-38(22-54)63-14-12-35(13-15-63)37-24-57-53(58-25-37)64-16-17-66-39(27-64)26-55-50-43(66)19-42(60-61-50)41-6-4-5-7-45(41)69/h4-11,19-20,24-25,31-32,35,38-40,44,48,68-69H,12-18,21-23,26-30H2,1-3H3,(H,55,61)(H,56,70)/t39-,40+,44-,48-/m0/s1. The summed E-state index contributed by atoms with van der Waals surface area (Å²) in [6.45, 7) is 13.5. The van der Waals surface area contributed by atoms with Crippen LogP contribution in [0.25, 0.3) is 21.7 Å². The number of β-amino-alcohol motifs (C(OH)–C–C–N with tert-alkyl or cyclic N) is 1. The monoisotopic (exact) mass is 1010 g/mol. The summed E-state index contributed by atoms with van der Waals surface area (Å²) in [5.74, 6) is 2.15. The third-order valence-electron chi connectivity index (χ3n) is 16.5. The Bertz CT molecular complexity index is 2960. The molecule has 6 aliphatic rings. The zero-order chi connectivity index (χ0) is 50.0. The van der Waals surface area contributed by atoms with E-state index in [4.69, 9.17) is 14.5 Å². The van der Waals surface area contributed by atoms with Crippen molar-refractivity contribution in [2.24, 2.45) is 11.3 Å². The van der Waals surface area contributed by atoms with Crippen LogP contribution in [0.1, 0.15) is 80.4 Å². The Morgan fingerprint density at radius 3 is 2.45 bits per heavy atom. The number of fused-ring (bicyclic) bond motifs is 3. The summed E-state index contributed by atoms with van der Waals surface area (Å²) in [6, 6.07) is 19.2. The number of aliphatic hydroxyl groups excluding tert-OH is 1. The molecule has 12 rings (SSSR count). The average Bonchev–Trinajstić information content (AvgIpc) is 4.15. The van der Waals surface area contributed by atoms with Crippen LogP contribution in [0, 0.1) is 18.3 Å². The lowest BCUT2D eigenvalue weighted by Crippen LogP contribution is -2.67. The van der Waals surface area contributed by atoms with Crippen LogP contribution in [0.3, 0.4) is 0 Å². The lowest BCUT2D eigenvalue weighted by Gasteiger charge is -2.61. The Labute approximate surface area is 428 Å². The highest BCUT2D eigenvalue weighted by atomic mass is 32.1. The molecule has 1 aliphatic carbocycles. The van der Waals surface area contributed by atoms with E-state index in [9.17, 15) is 19.8 Å². The second kappa shape index (κ2) is 19.3. The van der Waals surface area contributed by atoms with Gasteiger partial charge in [0.05, 0.1) is 39.6 Å². The number of thiazole rings is 1. The second-order valence-corrected chi connectivity index (χ2v) is 22.4. The molecule has 4 saturated heterocycles. The summed E-state index contributed by atoms with van der Waals surface area (Å²) in [4.78, 5) is 54.4. The molecule has 6 aromatic rings. The van der Waals surface area contributed by atoms with E-state index in [0.717, 1.165) is 110 Å². The number of piperidine rings is 1. The van der Waals surface area contributed by atoms with E-state index in [0.29, 0.717) is 35.5 Å². The summed E-state index contributed by atoms with van der Waals surface area (Å²) in [7, 11) is 0. The second-order valence-electron chi connectivity index (χ2n) is 21.6. The van der Waals surface area contributed by atoms with Crippen LogP contribution in [0.5, 0.6) is 5.75 Å². The van der Waals surface area contributed by atoms with Crippen LogP contribution in [0.4, 0.5) is 23.3 Å². The van der Waals surface area contributed by atoms with Crippen molar-refractivity contribution < 1.29 is 24.3 Å². The van der Waals surface area contributed by atoms with Crippen LogP contribution in [-0.2, 0) is 16.1 Å². The topological polar surface area (TPSA) is 205 Å². The number of aryl methyl sites for hydroxylation is 1. The van der Waals surface area contributed by atoms with Crippen LogP contribution >= 0.6 is 11.3 Å². The van der Waals surface area contributed by atoms with Crippen LogP contribution in [0.2, 0.25) is 0 Å². The summed E-state index contributed by atoms with van der Waals surface area (Å²) in [6.07, 6.45) is 8.02. The Hall–Kier alpha value is -6.70. The molecule has 4 atom stereocenters. The molecule has 1 saturated carbocycles. The number of anilines is 4. The lowest BCUT2D eigenvalue weighted by atomic mass is 9.60. The van der Waals surface area contributed by atoms with Crippen molar-refractivity contribution in [2.75, 3.05) is 78.9 Å². The van der Waals surface area contributed by atoms with E-state index in [1.54, 1.807) is 23.5 Å². The van der Waals surface area contributed by atoms with E-state index in [-0.39, 0.29) is 47.9 Å². The highest BCUT2D eigenvalue weighted by Gasteiger charge is 2.55. The molecular weight excluding hydrogens is 943 g/mol. The summed E-state index contributed by atoms with van der Waals surface area (Å²) < 4.78 is 5.93. The van der Waals surface area contributed by atoms with Gasteiger partial charge in [0, 0.05) is 94.3 Å². The largest absolute Gasteiger partial charge is 0.507 e. The summed E-state index contributed by atoms with van der Waals surface area (Å²) in [5, 5.41) is 41.0. The fraction of sp³-hybridized carbons (Fsp3) is 0.481. The first-order valence-electron chi connectivity index (χ1n) is 25.9. The van der Waals surface area contributed by atoms with E-state index in [1.165, 1.54) is 23.3 Å². The van der Waals surface area contributed by atoms with Gasteiger partial charge in [0.15, 0.2) is 17.4 Å². The molecule has 380 valence electrons. The number of benzene rings is 2. The predicted molar refractivity (Wildman–Crippen MR) is 279 cm³/mol. The van der Waals surface area contributed by atoms with Crippen molar-refractivity contribution in [1.29, 1.82) is 0 Å². The Balaban J connectivity index is 0.597. The normalized spacial score (nSPS) is 22.4. The Kier molecular flexibility index (Phi) is 12.5. The molecule has 9 heterocycles. The first-order valence-corrected chi connectivity index (χ1v) is 26.8. The predicted octanol–water partition coefficient (Wildman–Crippen LogP) is 6.05. The van der Waals surface area contributed by atoms with Crippen molar-refractivity contribution >= 4 is 46.4 Å². The zero-order valence-corrected chi connectivity index (χ0v) is 42.4. The van der Waals surface area contributed by atoms with E-state index >= 15 is 0 Å². The van der Waals surface area contributed by atoms with E-state index in [1.807, 2.05) is 87.2 Å². The molecule has 4 N–H and O–H groups in total. The Morgan fingerprint density at radius 1 is 0.932 bits per heavy atom. The molecule has 5 fully saturated rings. The van der Waals surface area contributed by atoms with Crippen molar-refractivity contribution in [3.05, 3.63) is 101 Å². The maximum absolute atomic E-state index is 14.3. The van der Waals surface area contributed by atoms with Gasteiger partial charge in [0.25, 0.3) is 0 Å². The third-order valence-corrected chi connectivity index (χ3v) is 17.4. The van der Waals surface area contributed by atoms with Crippen molar-refractivity contribution in [2.45, 2.75) is 95.5 Å². The maximum atomic E-state index is 14.3. The lowest BCUT2D eigenvalue weighted by molar-refractivity contribution is -0.141. The summed E-state index contributed by atoms with van der Waals surface area (Å²) >= 11 is 1.60. The quantitative estimate of drug-likeness (QED) is 0.110. The molecule has 4 aromatic heterocycles. The number of likely N-dealkylation sites (tertiary alicyclic amines) is 2. The molecule has 5 aliphatic heterocycles. The number of aromatic nitrogens is 6. The van der Waals surface area contributed by atoms with Gasteiger partial charge in [-0.1, -0.05) is 55.4 Å². The minimum absolute atomic E-state index is 0.0938. The minimum Gasteiger partial charge on any atom is -0.507 e. The van der Waals surface area contributed by atoms with Gasteiger partial charge in [0.2, 0.25) is 17.8 Å². The SMILES string of the molecule is Cc1ncsc1-c1ccc(CNC(=O)[C@@H]2C[C@@H](O)CN2C(=O)[C@H](c2cc(N3CC4(CC(N5CCC(c6cnc(N7CCN8c9cc(-c%10ccccc%10O)nnc9NC[C@H]8C7)nc6)CC5)C4)C3)no2)C(C)C)cc1. The number of phenols is 1. The summed E-state index contributed by atoms with van der Waals surface area (Å²) in [5.41, 5.74) is 8.68. The molecular formula is C54H63N13O5S. The molecule has 2 aromatic carbocycles. The third kappa shape index (κ3) is 9.13. The molecule has 2 amide bonds. The van der Waals surface area contributed by atoms with Crippen LogP contribution < -0.4 is 25.3 Å². The number of piperazine rings is 1. The number of nitrogens with one attached hydrogen (secondary N) is 2. The number of carbonyl (C=O) groups is 2. The number of nitrogens with zero attached hydrogens (tertiary/aromatic N) is 11. The number of rotatable bonds is 12. The van der Waals surface area contributed by atoms with E-state index in [2.05, 4.69) is 50.6 Å². The molecule has 1 spiro atoms. The van der Waals surface area contributed by atoms with Crippen molar-refractivity contribution in [3.63, 3.8) is 0 Å². The fourth-order valence-corrected chi connectivity index (χ4v) is 13.2. The number of hydrogen-bond acceptors (Lipinski definition) is 17. The number of para-hydroxylation sites is 1. The van der Waals surface area contributed by atoms with Gasteiger partial charge in [-0.25, -0.2) is 15.0 Å². The highest BCUT2D eigenvalue weighted by Crippen LogP contribution is 2.52. The smallest absolute Gasteiger partial charge is 0.243 e. The first-order chi connectivity index (χ1) is 35.5. The van der Waals surface area contributed by atoms with Gasteiger partial charge in [0.1, 0.15) is 17.7 Å². The fourth-order valence-electron chi connectivity index (χ4n) is 12.4. The first kappa shape index (κ1) is 47.3. The number of amides is 2. The number of carbonyl (C=O) groups excluding carboxylic acids is 2.